The van der Waals surface area contributed by atoms with Gasteiger partial charge >= 0.3 is 0 Å². The van der Waals surface area contributed by atoms with Crippen LogP contribution in [0.15, 0.2) is 62.0 Å². The number of pyridine rings is 1. The van der Waals surface area contributed by atoms with E-state index < -0.39 is 0 Å². The molecule has 0 aliphatic carbocycles. The Kier molecular flexibility index (Phi) is 5.88. The van der Waals surface area contributed by atoms with E-state index in [-0.39, 0.29) is 0 Å². The molecule has 2 N–H and O–H groups in total. The normalized spacial score (nSPS) is 10.5. The number of furan rings is 1. The number of thiocarbonyl (C=S) groups is 1. The maximum Gasteiger partial charge on any atom is 0.172 e. The largest absolute Gasteiger partial charge is 0.459 e. The van der Waals surface area contributed by atoms with E-state index >= 15 is 0 Å². The highest BCUT2D eigenvalue weighted by Gasteiger charge is 2.10. The van der Waals surface area contributed by atoms with Crippen molar-refractivity contribution >= 4 is 55.0 Å². The molecule has 0 fully saturated rings. The molecule has 0 bridgehead atoms. The summed E-state index contributed by atoms with van der Waals surface area (Å²) >= 11 is 12.3. The van der Waals surface area contributed by atoms with Crippen LogP contribution in [0.4, 0.5) is 5.82 Å². The SMILES string of the molecule is Cc1c(Br)cnc(NC(=S)NCc2ccc(-c3ccccc3)o2)c1Br. The lowest BCUT2D eigenvalue weighted by Gasteiger charge is -2.12. The molecule has 25 heavy (non-hydrogen) atoms. The van der Waals surface area contributed by atoms with Crippen LogP contribution in [0.2, 0.25) is 0 Å². The molecule has 2 heterocycles. The minimum atomic E-state index is 0.479. The van der Waals surface area contributed by atoms with Crippen LogP contribution in [0, 0.1) is 6.92 Å². The summed E-state index contributed by atoms with van der Waals surface area (Å²) in [6.45, 7) is 2.48. The van der Waals surface area contributed by atoms with E-state index in [1.54, 1.807) is 6.20 Å². The molecule has 0 atom stereocenters. The van der Waals surface area contributed by atoms with Crippen molar-refractivity contribution in [3.8, 4) is 11.3 Å². The number of nitrogens with zero attached hydrogens (tertiary/aromatic N) is 1. The molecule has 0 amide bonds. The summed E-state index contributed by atoms with van der Waals surface area (Å²) in [7, 11) is 0. The monoisotopic (exact) mass is 479 g/mol. The standard InChI is InChI=1S/C18H15Br2N3OS/c1-11-14(19)10-21-17(16(11)20)23-18(25)22-9-13-7-8-15(24-13)12-5-3-2-4-6-12/h2-8,10H,9H2,1H3,(H2,21,22,23,25). The number of anilines is 1. The minimum Gasteiger partial charge on any atom is -0.459 e. The van der Waals surface area contributed by atoms with Gasteiger partial charge in [-0.25, -0.2) is 4.98 Å². The molecule has 4 nitrogen and oxygen atoms in total. The van der Waals surface area contributed by atoms with Crippen LogP contribution in [-0.4, -0.2) is 10.1 Å². The molecule has 7 heteroatoms. The molecular formula is C18H15Br2N3OS. The summed E-state index contributed by atoms with van der Waals surface area (Å²) in [6, 6.07) is 13.9. The Morgan fingerprint density at radius 2 is 1.92 bits per heavy atom. The second-order valence-corrected chi connectivity index (χ2v) is 7.39. The van der Waals surface area contributed by atoms with Gasteiger partial charge in [0.2, 0.25) is 0 Å². The molecule has 128 valence electrons. The van der Waals surface area contributed by atoms with Gasteiger partial charge in [-0.3, -0.25) is 0 Å². The quantitative estimate of drug-likeness (QED) is 0.471. The van der Waals surface area contributed by atoms with Gasteiger partial charge in [-0.15, -0.1) is 0 Å². The smallest absolute Gasteiger partial charge is 0.172 e. The molecule has 2 aromatic heterocycles. The first-order valence-electron chi connectivity index (χ1n) is 7.54. The van der Waals surface area contributed by atoms with Crippen LogP contribution >= 0.6 is 44.1 Å². The summed E-state index contributed by atoms with van der Waals surface area (Å²) in [5, 5.41) is 6.69. The number of benzene rings is 1. The van der Waals surface area contributed by atoms with E-state index in [4.69, 9.17) is 16.6 Å². The number of halogens is 2. The molecule has 0 saturated heterocycles. The van der Waals surface area contributed by atoms with Gasteiger partial charge in [0.05, 0.1) is 11.0 Å². The topological polar surface area (TPSA) is 50.1 Å². The fourth-order valence-electron chi connectivity index (χ4n) is 2.19. The fourth-order valence-corrected chi connectivity index (χ4v) is 3.34. The van der Waals surface area contributed by atoms with Crippen LogP contribution < -0.4 is 10.6 Å². The van der Waals surface area contributed by atoms with E-state index in [1.165, 1.54) is 0 Å². The molecule has 3 rings (SSSR count). The first kappa shape index (κ1) is 18.1. The third kappa shape index (κ3) is 4.48. The van der Waals surface area contributed by atoms with E-state index in [2.05, 4.69) is 47.5 Å². The van der Waals surface area contributed by atoms with Gasteiger partial charge in [-0.1, -0.05) is 30.3 Å². The average Bonchev–Trinajstić information content (AvgIpc) is 3.10. The van der Waals surface area contributed by atoms with Crippen LogP contribution in [-0.2, 0) is 6.54 Å². The Morgan fingerprint density at radius 1 is 1.16 bits per heavy atom. The van der Waals surface area contributed by atoms with Gasteiger partial charge in [-0.2, -0.15) is 0 Å². The van der Waals surface area contributed by atoms with E-state index in [0.717, 1.165) is 31.6 Å². The van der Waals surface area contributed by atoms with Crippen molar-refractivity contribution in [1.29, 1.82) is 0 Å². The Balaban J connectivity index is 1.60. The zero-order valence-corrected chi connectivity index (χ0v) is 17.3. The van der Waals surface area contributed by atoms with Crippen LogP contribution in [0.1, 0.15) is 11.3 Å². The highest BCUT2D eigenvalue weighted by atomic mass is 79.9. The number of rotatable bonds is 4. The summed E-state index contributed by atoms with van der Waals surface area (Å²) in [4.78, 5) is 4.32. The molecule has 1 aromatic carbocycles. The zero-order chi connectivity index (χ0) is 17.8. The Labute approximate surface area is 168 Å². The van der Waals surface area contributed by atoms with Crippen molar-refractivity contribution < 1.29 is 4.42 Å². The number of hydrogen-bond donors (Lipinski definition) is 2. The van der Waals surface area contributed by atoms with Gasteiger partial charge in [0.15, 0.2) is 5.11 Å². The number of hydrogen-bond acceptors (Lipinski definition) is 3. The van der Waals surface area contributed by atoms with Crippen molar-refractivity contribution in [3.05, 3.63) is 68.9 Å². The summed E-state index contributed by atoms with van der Waals surface area (Å²) in [5.41, 5.74) is 2.10. The van der Waals surface area contributed by atoms with Gasteiger partial charge in [0, 0.05) is 16.2 Å². The minimum absolute atomic E-state index is 0.479. The molecule has 0 saturated carbocycles. The average molecular weight is 481 g/mol. The number of nitrogens with one attached hydrogen (secondary N) is 2. The lowest BCUT2D eigenvalue weighted by Crippen LogP contribution is -2.28. The molecule has 3 aromatic rings. The predicted molar refractivity (Wildman–Crippen MR) is 112 cm³/mol. The second kappa shape index (κ2) is 8.12. The van der Waals surface area contributed by atoms with Crippen LogP contribution in [0.25, 0.3) is 11.3 Å². The molecular weight excluding hydrogens is 466 g/mol. The zero-order valence-electron chi connectivity index (χ0n) is 13.3. The summed E-state index contributed by atoms with van der Waals surface area (Å²) in [5.74, 6) is 2.31. The van der Waals surface area contributed by atoms with Gasteiger partial charge in [0.25, 0.3) is 0 Å². The van der Waals surface area contributed by atoms with Crippen molar-refractivity contribution in [3.63, 3.8) is 0 Å². The third-order valence-corrected chi connectivity index (χ3v) is 5.59. The fraction of sp³-hybridized carbons (Fsp3) is 0.111. The maximum absolute atomic E-state index is 5.85. The first-order chi connectivity index (χ1) is 12.0. The van der Waals surface area contributed by atoms with Crippen LogP contribution in [0.3, 0.4) is 0 Å². The lowest BCUT2D eigenvalue weighted by molar-refractivity contribution is 0.516. The Bertz CT molecular complexity index is 897. The van der Waals surface area contributed by atoms with Crippen molar-refractivity contribution in [1.82, 2.24) is 10.3 Å². The second-order valence-electron chi connectivity index (χ2n) is 5.33. The summed E-state index contributed by atoms with van der Waals surface area (Å²) in [6.07, 6.45) is 1.74. The van der Waals surface area contributed by atoms with Gasteiger partial charge in [0.1, 0.15) is 17.3 Å². The van der Waals surface area contributed by atoms with Gasteiger partial charge < -0.3 is 15.1 Å². The number of aromatic nitrogens is 1. The molecule has 0 radical (unpaired) electrons. The van der Waals surface area contributed by atoms with Crippen molar-refractivity contribution in [2.24, 2.45) is 0 Å². The van der Waals surface area contributed by atoms with E-state index in [0.29, 0.717) is 17.5 Å². The lowest BCUT2D eigenvalue weighted by atomic mass is 10.2. The van der Waals surface area contributed by atoms with Crippen molar-refractivity contribution in [2.75, 3.05) is 5.32 Å². The van der Waals surface area contributed by atoms with E-state index in [1.807, 2.05) is 49.4 Å². The van der Waals surface area contributed by atoms with Gasteiger partial charge in [-0.05, 0) is 68.7 Å². The highest BCUT2D eigenvalue weighted by molar-refractivity contribution is 9.11. The van der Waals surface area contributed by atoms with E-state index in [9.17, 15) is 0 Å². The maximum atomic E-state index is 5.85. The molecule has 0 unspecified atom stereocenters. The predicted octanol–water partition coefficient (Wildman–Crippen LogP) is 5.66. The molecule has 0 spiro atoms. The van der Waals surface area contributed by atoms with Crippen LogP contribution in [0.5, 0.6) is 0 Å². The Hall–Kier alpha value is -1.70. The van der Waals surface area contributed by atoms with Crippen molar-refractivity contribution in [2.45, 2.75) is 13.5 Å². The molecule has 0 aliphatic rings. The third-order valence-electron chi connectivity index (χ3n) is 3.58. The molecule has 0 aliphatic heterocycles. The first-order valence-corrected chi connectivity index (χ1v) is 9.53. The highest BCUT2D eigenvalue weighted by Crippen LogP contribution is 2.29. The summed E-state index contributed by atoms with van der Waals surface area (Å²) < 4.78 is 7.66. The Morgan fingerprint density at radius 3 is 2.68 bits per heavy atom.